The number of carbonyl (C=O) groups is 2. The van der Waals surface area contributed by atoms with Crippen molar-refractivity contribution in [2.45, 2.75) is 84.8 Å². The summed E-state index contributed by atoms with van der Waals surface area (Å²) in [5.41, 5.74) is -0.455. The molecule has 4 heteroatoms. The molecule has 23 heavy (non-hydrogen) atoms. The average molecular weight is 322 g/mol. The van der Waals surface area contributed by atoms with E-state index in [0.29, 0.717) is 18.3 Å². The Bertz CT molecular complexity index is 525. The van der Waals surface area contributed by atoms with Crippen LogP contribution in [0.4, 0.5) is 0 Å². The molecule has 0 bridgehead atoms. The number of hydrogen-bond donors (Lipinski definition) is 0. The summed E-state index contributed by atoms with van der Waals surface area (Å²) in [5, 5.41) is 0. The van der Waals surface area contributed by atoms with E-state index in [4.69, 9.17) is 9.47 Å². The first-order chi connectivity index (χ1) is 10.6. The fourth-order valence-electron chi connectivity index (χ4n) is 6.19. The van der Waals surface area contributed by atoms with Gasteiger partial charge >= 0.3 is 11.9 Å². The summed E-state index contributed by atoms with van der Waals surface area (Å²) in [6.07, 6.45) is 5.34. The monoisotopic (exact) mass is 322 g/mol. The molecule has 0 radical (unpaired) electrons. The highest BCUT2D eigenvalue weighted by Crippen LogP contribution is 2.66. The van der Waals surface area contributed by atoms with Crippen molar-refractivity contribution in [2.24, 2.45) is 22.7 Å². The fourth-order valence-corrected chi connectivity index (χ4v) is 6.19. The van der Waals surface area contributed by atoms with Gasteiger partial charge in [-0.05, 0) is 43.9 Å². The molecule has 2 saturated carbocycles. The van der Waals surface area contributed by atoms with Gasteiger partial charge in [0.1, 0.15) is 11.7 Å². The molecule has 4 nitrogen and oxygen atoms in total. The van der Waals surface area contributed by atoms with Crippen molar-refractivity contribution in [3.05, 3.63) is 0 Å². The zero-order valence-corrected chi connectivity index (χ0v) is 15.1. The number of esters is 2. The lowest BCUT2D eigenvalue weighted by Crippen LogP contribution is -2.64. The molecule has 1 spiro atoms. The van der Waals surface area contributed by atoms with Gasteiger partial charge in [-0.2, -0.15) is 0 Å². The summed E-state index contributed by atoms with van der Waals surface area (Å²) in [5.74, 6) is 0.558. The van der Waals surface area contributed by atoms with Crippen LogP contribution in [0.1, 0.15) is 73.1 Å². The van der Waals surface area contributed by atoms with E-state index in [1.165, 1.54) is 6.92 Å². The molecule has 3 fully saturated rings. The maximum Gasteiger partial charge on any atom is 0.306 e. The van der Waals surface area contributed by atoms with Gasteiger partial charge < -0.3 is 9.47 Å². The third-order valence-corrected chi connectivity index (χ3v) is 7.38. The highest BCUT2D eigenvalue weighted by Gasteiger charge is 2.67. The molecule has 3 aliphatic rings. The Kier molecular flexibility index (Phi) is 3.81. The van der Waals surface area contributed by atoms with E-state index in [1.54, 1.807) is 0 Å². The van der Waals surface area contributed by atoms with Crippen LogP contribution in [-0.4, -0.2) is 23.6 Å². The SMILES string of the molecule is CC(=O)O[C@@H]1CC[C@]2(C)[C@H](CC[C@H](C)[C@@]23CCC(=O)O3)C1(C)C. The van der Waals surface area contributed by atoms with Crippen molar-refractivity contribution in [1.82, 2.24) is 0 Å². The molecule has 0 amide bonds. The lowest BCUT2D eigenvalue weighted by atomic mass is 9.44. The first-order valence-corrected chi connectivity index (χ1v) is 9.02. The van der Waals surface area contributed by atoms with Crippen molar-refractivity contribution < 1.29 is 19.1 Å². The Morgan fingerprint density at radius 2 is 1.87 bits per heavy atom. The molecule has 130 valence electrons. The van der Waals surface area contributed by atoms with E-state index in [9.17, 15) is 9.59 Å². The minimum Gasteiger partial charge on any atom is -0.462 e. The van der Waals surface area contributed by atoms with Gasteiger partial charge in [-0.3, -0.25) is 9.59 Å². The van der Waals surface area contributed by atoms with Crippen molar-refractivity contribution in [2.75, 3.05) is 0 Å². The number of hydrogen-bond acceptors (Lipinski definition) is 4. The molecular weight excluding hydrogens is 292 g/mol. The van der Waals surface area contributed by atoms with Gasteiger partial charge in [0.05, 0.1) is 0 Å². The standard InChI is InChI=1S/C19H30O4/c1-12-6-7-14-17(3,4)15(22-13(2)20)8-10-18(14,5)19(12)11-9-16(21)23-19/h12,14-15H,6-11H2,1-5H3/t12-,14+,15+,18+,19-/m0/s1. The summed E-state index contributed by atoms with van der Waals surface area (Å²) in [6.45, 7) is 10.5. The molecule has 0 unspecified atom stereocenters. The number of ether oxygens (including phenoxy) is 2. The normalized spacial score (nSPS) is 45.4. The molecule has 2 aliphatic carbocycles. The topological polar surface area (TPSA) is 52.6 Å². The lowest BCUT2D eigenvalue weighted by molar-refractivity contribution is -0.235. The predicted octanol–water partition coefficient (Wildman–Crippen LogP) is 3.87. The van der Waals surface area contributed by atoms with E-state index in [1.807, 2.05) is 0 Å². The molecule has 1 saturated heterocycles. The lowest BCUT2D eigenvalue weighted by Gasteiger charge is -2.63. The summed E-state index contributed by atoms with van der Waals surface area (Å²) in [4.78, 5) is 23.5. The maximum absolute atomic E-state index is 12.0. The van der Waals surface area contributed by atoms with Crippen molar-refractivity contribution in [3.63, 3.8) is 0 Å². The maximum atomic E-state index is 12.0. The van der Waals surface area contributed by atoms with Crippen LogP contribution in [0.5, 0.6) is 0 Å². The second kappa shape index (κ2) is 5.22. The Hall–Kier alpha value is -1.06. The Morgan fingerprint density at radius 1 is 1.17 bits per heavy atom. The predicted molar refractivity (Wildman–Crippen MR) is 86.6 cm³/mol. The smallest absolute Gasteiger partial charge is 0.306 e. The van der Waals surface area contributed by atoms with Gasteiger partial charge in [-0.1, -0.05) is 27.7 Å². The molecule has 1 heterocycles. The summed E-state index contributed by atoms with van der Waals surface area (Å²) >= 11 is 0. The van der Waals surface area contributed by atoms with Crippen LogP contribution in [0, 0.1) is 22.7 Å². The van der Waals surface area contributed by atoms with Gasteiger partial charge in [0.2, 0.25) is 0 Å². The molecule has 0 aromatic rings. The quantitative estimate of drug-likeness (QED) is 0.688. The van der Waals surface area contributed by atoms with E-state index in [2.05, 4.69) is 27.7 Å². The van der Waals surface area contributed by atoms with Gasteiger partial charge in [0.25, 0.3) is 0 Å². The molecule has 1 aliphatic heterocycles. The second-order valence-corrected chi connectivity index (χ2v) is 8.77. The van der Waals surface area contributed by atoms with Crippen LogP contribution in [-0.2, 0) is 19.1 Å². The van der Waals surface area contributed by atoms with Crippen LogP contribution in [0.3, 0.4) is 0 Å². The minimum atomic E-state index is -0.328. The van der Waals surface area contributed by atoms with Crippen LogP contribution in [0.25, 0.3) is 0 Å². The van der Waals surface area contributed by atoms with Crippen molar-refractivity contribution in [1.29, 1.82) is 0 Å². The largest absolute Gasteiger partial charge is 0.462 e. The first-order valence-electron chi connectivity index (χ1n) is 9.02. The minimum absolute atomic E-state index is 0.0308. The van der Waals surface area contributed by atoms with Gasteiger partial charge in [-0.25, -0.2) is 0 Å². The van der Waals surface area contributed by atoms with E-state index in [0.717, 1.165) is 32.1 Å². The second-order valence-electron chi connectivity index (χ2n) is 8.77. The van der Waals surface area contributed by atoms with Crippen molar-refractivity contribution in [3.8, 4) is 0 Å². The zero-order valence-electron chi connectivity index (χ0n) is 15.1. The Labute approximate surface area is 139 Å². The molecule has 0 aromatic carbocycles. The zero-order chi connectivity index (χ0) is 17.0. The third-order valence-electron chi connectivity index (χ3n) is 7.38. The Balaban J connectivity index is 1.98. The number of carbonyl (C=O) groups excluding carboxylic acids is 2. The number of rotatable bonds is 1. The Morgan fingerprint density at radius 3 is 2.43 bits per heavy atom. The van der Waals surface area contributed by atoms with E-state index >= 15 is 0 Å². The molecule has 5 atom stereocenters. The van der Waals surface area contributed by atoms with Crippen LogP contribution < -0.4 is 0 Å². The summed E-state index contributed by atoms with van der Waals surface area (Å²) in [6, 6.07) is 0. The molecule has 0 aromatic heterocycles. The van der Waals surface area contributed by atoms with Crippen LogP contribution >= 0.6 is 0 Å². The van der Waals surface area contributed by atoms with Gasteiger partial charge in [0, 0.05) is 24.2 Å². The average Bonchev–Trinajstić information content (AvgIpc) is 2.83. The van der Waals surface area contributed by atoms with Crippen LogP contribution in [0.15, 0.2) is 0 Å². The highest BCUT2D eigenvalue weighted by molar-refractivity contribution is 5.72. The molecule has 3 rings (SSSR count). The first kappa shape index (κ1) is 16.8. The number of fused-ring (bicyclic) bond motifs is 2. The van der Waals surface area contributed by atoms with E-state index < -0.39 is 0 Å². The summed E-state index contributed by atoms with van der Waals surface area (Å²) < 4.78 is 11.7. The fraction of sp³-hybridized carbons (Fsp3) is 0.895. The van der Waals surface area contributed by atoms with Crippen LogP contribution in [0.2, 0.25) is 0 Å². The highest BCUT2D eigenvalue weighted by atomic mass is 16.6. The summed E-state index contributed by atoms with van der Waals surface area (Å²) in [7, 11) is 0. The van der Waals surface area contributed by atoms with Gasteiger partial charge in [-0.15, -0.1) is 0 Å². The van der Waals surface area contributed by atoms with Gasteiger partial charge in [0.15, 0.2) is 0 Å². The third kappa shape index (κ3) is 2.24. The van der Waals surface area contributed by atoms with E-state index in [-0.39, 0.29) is 34.5 Å². The van der Waals surface area contributed by atoms with Crippen molar-refractivity contribution >= 4 is 11.9 Å². The molecular formula is C19H30O4. The molecule has 0 N–H and O–H groups in total.